The fourth-order valence-electron chi connectivity index (χ4n) is 3.74. The first kappa shape index (κ1) is 34.1. The molecule has 42 heavy (non-hydrogen) atoms. The summed E-state index contributed by atoms with van der Waals surface area (Å²) < 4.78 is 11.6. The number of hydrogen-bond donors (Lipinski definition) is 1. The van der Waals surface area contributed by atoms with Crippen molar-refractivity contribution in [2.75, 3.05) is 11.9 Å². The van der Waals surface area contributed by atoms with Crippen molar-refractivity contribution in [1.29, 1.82) is 0 Å². The minimum atomic E-state index is -0.642. The highest BCUT2D eigenvalue weighted by Crippen LogP contribution is 2.39. The smallest absolute Gasteiger partial charge is 0.442 e. The molecule has 3 aromatic rings. The molecule has 0 amide bonds. The molecule has 0 bridgehead atoms. The van der Waals surface area contributed by atoms with Crippen LogP contribution >= 0.6 is 23.2 Å². The molecule has 226 valence electrons. The van der Waals surface area contributed by atoms with Crippen molar-refractivity contribution in [2.24, 2.45) is 0 Å². The molecule has 0 saturated heterocycles. The van der Waals surface area contributed by atoms with Crippen LogP contribution in [0.25, 0.3) is 5.69 Å². The number of nitrogens with zero attached hydrogens (tertiary/aromatic N) is 4. The average Bonchev–Trinajstić information content (AvgIpc) is 3.30. The number of nitro benzene ring substituents is 2. The Balaban J connectivity index is 0.000000295. The summed E-state index contributed by atoms with van der Waals surface area (Å²) in [7, 11) is 0. The van der Waals surface area contributed by atoms with E-state index >= 15 is 0 Å². The molecule has 1 N–H and O–H groups in total. The Hall–Kier alpha value is -4.08. The molecule has 0 fully saturated rings. The first-order valence-electron chi connectivity index (χ1n) is 12.9. The zero-order valence-electron chi connectivity index (χ0n) is 24.4. The molecular weight excluding hydrogens is 589 g/mol. The zero-order valence-corrected chi connectivity index (χ0v) is 25.9. The lowest BCUT2D eigenvalue weighted by Crippen LogP contribution is -2.19. The second-order valence-corrected chi connectivity index (χ2v) is 11.1. The van der Waals surface area contributed by atoms with Crippen LogP contribution in [-0.4, -0.2) is 32.3 Å². The fourth-order valence-corrected chi connectivity index (χ4v) is 4.25. The maximum Gasteiger partial charge on any atom is 0.442 e. The van der Waals surface area contributed by atoms with Crippen LogP contribution in [0.5, 0.6) is 5.75 Å². The van der Waals surface area contributed by atoms with Crippen LogP contribution < -0.4 is 15.8 Å². The summed E-state index contributed by atoms with van der Waals surface area (Å²) in [5.41, 5.74) is 0.452. The third-order valence-electron chi connectivity index (χ3n) is 6.24. The number of aryl methyl sites for hydroxylation is 1. The van der Waals surface area contributed by atoms with Crippen molar-refractivity contribution in [3.63, 3.8) is 0 Å². The van der Waals surface area contributed by atoms with Gasteiger partial charge in [-0.3, -0.25) is 20.2 Å². The molecule has 0 aliphatic rings. The molecule has 0 aliphatic carbocycles. The summed E-state index contributed by atoms with van der Waals surface area (Å²) in [5, 5.41) is 30.1. The number of terminal acetylenes is 1. The SMILES string of the molecule is C#CCOc1cc(-n2nc(C(C)(C)C)oc2=O)c(Cl)cc1Cl.CCC(CC)Nc1c([N+](=O)[O-])cc(C)c(C)c1[N+](=O)[O-]. The van der Waals surface area contributed by atoms with Crippen LogP contribution in [0.3, 0.4) is 0 Å². The van der Waals surface area contributed by atoms with Crippen LogP contribution in [0, 0.1) is 46.4 Å². The van der Waals surface area contributed by atoms with Gasteiger partial charge in [0.1, 0.15) is 12.4 Å². The van der Waals surface area contributed by atoms with Gasteiger partial charge in [0.2, 0.25) is 5.89 Å². The largest absolute Gasteiger partial charge is 0.479 e. The molecule has 0 spiro atoms. The molecule has 0 radical (unpaired) electrons. The number of aromatic nitrogens is 2. The molecule has 0 aliphatic heterocycles. The third kappa shape index (κ3) is 8.02. The molecule has 0 saturated carbocycles. The van der Waals surface area contributed by atoms with Gasteiger partial charge in [-0.1, -0.05) is 63.7 Å². The van der Waals surface area contributed by atoms with Crippen molar-refractivity contribution in [3.8, 4) is 23.8 Å². The molecule has 3 rings (SSSR count). The Kier molecular flexibility index (Phi) is 11.5. The van der Waals surface area contributed by atoms with E-state index in [0.717, 1.165) is 17.5 Å². The summed E-state index contributed by atoms with van der Waals surface area (Å²) in [6.45, 7) is 12.8. The molecular formula is C28H33Cl2N5O7. The van der Waals surface area contributed by atoms with Crippen LogP contribution in [-0.2, 0) is 5.41 Å². The van der Waals surface area contributed by atoms with Gasteiger partial charge < -0.3 is 14.5 Å². The van der Waals surface area contributed by atoms with Gasteiger partial charge in [0.05, 0.1) is 25.6 Å². The summed E-state index contributed by atoms with van der Waals surface area (Å²) in [4.78, 5) is 33.3. The van der Waals surface area contributed by atoms with Crippen molar-refractivity contribution in [3.05, 3.63) is 76.0 Å². The Bertz CT molecular complexity index is 1560. The number of benzene rings is 2. The molecule has 1 heterocycles. The van der Waals surface area contributed by atoms with E-state index in [-0.39, 0.29) is 39.8 Å². The summed E-state index contributed by atoms with van der Waals surface area (Å²) in [6, 6.07) is 4.31. The highest BCUT2D eigenvalue weighted by atomic mass is 35.5. The minimum absolute atomic E-state index is 0.0109. The standard InChI is InChI=1S/C15H14Cl2N2O3.C13H19N3O4/c1-5-6-21-12-8-11(9(16)7-10(12)17)19-14(20)22-13(18-19)15(2,3)4;1-5-10(6-2)14-12-11(15(17)18)7-8(3)9(4)13(12)16(19)20/h1,7-8H,6H2,2-4H3;7,10,14H,5-6H2,1-4H3. The van der Waals surface area contributed by atoms with Gasteiger partial charge in [-0.05, 0) is 38.3 Å². The maximum absolute atomic E-state index is 12.0. The van der Waals surface area contributed by atoms with E-state index in [1.165, 1.54) is 18.2 Å². The topological polar surface area (TPSA) is 156 Å². The van der Waals surface area contributed by atoms with Gasteiger partial charge in [-0.2, -0.15) is 4.68 Å². The normalized spacial score (nSPS) is 11.0. The summed E-state index contributed by atoms with van der Waals surface area (Å²) in [6.07, 6.45) is 6.62. The Labute approximate surface area is 253 Å². The van der Waals surface area contributed by atoms with Crippen molar-refractivity contribution >= 4 is 40.3 Å². The van der Waals surface area contributed by atoms with Crippen molar-refractivity contribution in [2.45, 2.75) is 72.8 Å². The first-order chi connectivity index (χ1) is 19.6. The quantitative estimate of drug-likeness (QED) is 0.149. The van der Waals surface area contributed by atoms with Crippen LogP contribution in [0.4, 0.5) is 17.1 Å². The predicted octanol–water partition coefficient (Wildman–Crippen LogP) is 7.16. The van der Waals surface area contributed by atoms with Crippen molar-refractivity contribution < 1.29 is 19.0 Å². The van der Waals surface area contributed by atoms with Crippen LogP contribution in [0.2, 0.25) is 10.0 Å². The minimum Gasteiger partial charge on any atom is -0.479 e. The van der Waals surface area contributed by atoms with E-state index in [4.69, 9.17) is 38.8 Å². The second-order valence-electron chi connectivity index (χ2n) is 10.3. The van der Waals surface area contributed by atoms with E-state index < -0.39 is 21.0 Å². The second kappa shape index (κ2) is 14.2. The van der Waals surface area contributed by atoms with Gasteiger partial charge in [-0.25, -0.2) is 4.79 Å². The number of hydrogen-bond acceptors (Lipinski definition) is 9. The molecule has 14 heteroatoms. The average molecular weight is 623 g/mol. The molecule has 2 aromatic carbocycles. The molecule has 12 nitrogen and oxygen atoms in total. The number of anilines is 1. The highest BCUT2D eigenvalue weighted by Gasteiger charge is 2.30. The van der Waals surface area contributed by atoms with Gasteiger partial charge in [0, 0.05) is 29.2 Å². The van der Waals surface area contributed by atoms with Crippen molar-refractivity contribution in [1.82, 2.24) is 9.78 Å². The van der Waals surface area contributed by atoms with E-state index in [1.807, 2.05) is 34.6 Å². The lowest BCUT2D eigenvalue weighted by Gasteiger charge is -2.17. The van der Waals surface area contributed by atoms with Gasteiger partial charge >= 0.3 is 11.4 Å². The number of ether oxygens (including phenoxy) is 1. The Morgan fingerprint density at radius 3 is 2.21 bits per heavy atom. The Morgan fingerprint density at radius 2 is 1.74 bits per heavy atom. The van der Waals surface area contributed by atoms with Crippen LogP contribution in [0.15, 0.2) is 27.4 Å². The highest BCUT2D eigenvalue weighted by molar-refractivity contribution is 6.36. The van der Waals surface area contributed by atoms with Crippen LogP contribution in [0.1, 0.15) is 64.5 Å². The van der Waals surface area contributed by atoms with E-state index in [1.54, 1.807) is 13.8 Å². The van der Waals surface area contributed by atoms with E-state index in [9.17, 15) is 25.0 Å². The maximum atomic E-state index is 12.0. The van der Waals surface area contributed by atoms with Gasteiger partial charge in [0.25, 0.3) is 5.69 Å². The fraction of sp³-hybridized carbons (Fsp3) is 0.429. The lowest BCUT2D eigenvalue weighted by molar-refractivity contribution is -0.392. The first-order valence-corrected chi connectivity index (χ1v) is 13.7. The summed E-state index contributed by atoms with van der Waals surface area (Å²) >= 11 is 12.2. The molecule has 0 atom stereocenters. The lowest BCUT2D eigenvalue weighted by atomic mass is 9.97. The number of halogens is 2. The number of nitro groups is 2. The number of rotatable bonds is 9. The predicted molar refractivity (Wildman–Crippen MR) is 162 cm³/mol. The van der Waals surface area contributed by atoms with E-state index in [2.05, 4.69) is 16.3 Å². The monoisotopic (exact) mass is 621 g/mol. The Morgan fingerprint density at radius 1 is 1.12 bits per heavy atom. The zero-order chi connectivity index (χ0) is 31.9. The van der Waals surface area contributed by atoms with E-state index in [0.29, 0.717) is 28.5 Å². The molecule has 1 aromatic heterocycles. The molecule has 0 unspecified atom stereocenters. The van der Waals surface area contributed by atoms with Gasteiger partial charge in [0.15, 0.2) is 5.69 Å². The number of nitrogens with one attached hydrogen (secondary N) is 1. The third-order valence-corrected chi connectivity index (χ3v) is 6.83. The van der Waals surface area contributed by atoms with Gasteiger partial charge in [-0.15, -0.1) is 11.5 Å². The summed E-state index contributed by atoms with van der Waals surface area (Å²) in [5.74, 6) is 2.31.